The van der Waals surface area contributed by atoms with Crippen molar-refractivity contribution >= 4 is 41.3 Å². The zero-order valence-electron chi connectivity index (χ0n) is 11.6. The van der Waals surface area contributed by atoms with Gasteiger partial charge in [-0.3, -0.25) is 4.79 Å². The Hall–Kier alpha value is -1.07. The molecule has 0 radical (unpaired) electrons. The van der Waals surface area contributed by atoms with Crippen molar-refractivity contribution in [1.29, 1.82) is 0 Å². The second-order valence-corrected chi connectivity index (χ2v) is 6.75. The van der Waals surface area contributed by atoms with Crippen LogP contribution >= 0.6 is 35.3 Å². The number of amides is 1. The van der Waals surface area contributed by atoms with E-state index in [1.807, 2.05) is 37.4 Å². The molecular formula is C15H16Cl2N2OS. The smallest absolute Gasteiger partial charge is 0.253 e. The normalized spacial score (nSPS) is 12.7. The highest BCUT2D eigenvalue weighted by Crippen LogP contribution is 2.23. The van der Waals surface area contributed by atoms with Gasteiger partial charge in [0, 0.05) is 30.6 Å². The molecule has 2 heterocycles. The summed E-state index contributed by atoms with van der Waals surface area (Å²) in [4.78, 5) is 15.3. The predicted octanol–water partition coefficient (Wildman–Crippen LogP) is 3.70. The zero-order chi connectivity index (χ0) is 14.1. The number of carbonyl (C=O) groups is 1. The van der Waals surface area contributed by atoms with Crippen LogP contribution in [0.1, 0.15) is 26.4 Å². The summed E-state index contributed by atoms with van der Waals surface area (Å²) in [5.41, 5.74) is 3.26. The zero-order valence-corrected chi connectivity index (χ0v) is 13.9. The van der Waals surface area contributed by atoms with Crippen molar-refractivity contribution in [3.05, 3.63) is 56.2 Å². The van der Waals surface area contributed by atoms with Crippen LogP contribution in [0.5, 0.6) is 0 Å². The molecule has 0 fully saturated rings. The van der Waals surface area contributed by atoms with Crippen molar-refractivity contribution in [3.8, 4) is 0 Å². The first-order valence-corrected chi connectivity index (χ1v) is 7.65. The third kappa shape index (κ3) is 3.58. The molecular weight excluding hydrogens is 327 g/mol. The Bertz CT molecular complexity index is 657. The summed E-state index contributed by atoms with van der Waals surface area (Å²) in [5.74, 6) is 0.0456. The number of benzene rings is 1. The Labute approximate surface area is 139 Å². The van der Waals surface area contributed by atoms with Gasteiger partial charge in [0.25, 0.3) is 5.91 Å². The minimum atomic E-state index is 0. The summed E-state index contributed by atoms with van der Waals surface area (Å²) in [5, 5.41) is 3.29. The topological polar surface area (TPSA) is 32.3 Å². The van der Waals surface area contributed by atoms with Gasteiger partial charge in [-0.05, 0) is 35.4 Å². The number of nitrogens with one attached hydrogen (secondary N) is 1. The standard InChI is InChI=1S/C15H15ClN2OS.ClH/c1-18(9-13-4-5-14(16)20-13)15(19)10-2-3-11-7-17-8-12(11)6-10;/h2-6,17H,7-9H2,1H3;1H. The van der Waals surface area contributed by atoms with Crippen LogP contribution in [-0.2, 0) is 19.6 Å². The molecule has 0 atom stereocenters. The molecule has 0 bridgehead atoms. The first-order valence-electron chi connectivity index (χ1n) is 6.45. The Balaban J connectivity index is 0.00000161. The van der Waals surface area contributed by atoms with Gasteiger partial charge in [-0.1, -0.05) is 17.7 Å². The number of hydrogen-bond acceptors (Lipinski definition) is 3. The molecule has 0 saturated heterocycles. The number of thiophene rings is 1. The Morgan fingerprint density at radius 1 is 1.29 bits per heavy atom. The van der Waals surface area contributed by atoms with E-state index in [4.69, 9.17) is 11.6 Å². The van der Waals surface area contributed by atoms with Crippen LogP contribution < -0.4 is 5.32 Å². The highest BCUT2D eigenvalue weighted by atomic mass is 35.5. The van der Waals surface area contributed by atoms with E-state index in [0.717, 1.165) is 27.9 Å². The summed E-state index contributed by atoms with van der Waals surface area (Å²) in [6.45, 7) is 2.33. The molecule has 1 aromatic carbocycles. The van der Waals surface area contributed by atoms with Gasteiger partial charge in [0.2, 0.25) is 0 Å². The molecule has 112 valence electrons. The van der Waals surface area contributed by atoms with Crippen molar-refractivity contribution in [3.63, 3.8) is 0 Å². The van der Waals surface area contributed by atoms with Gasteiger partial charge >= 0.3 is 0 Å². The minimum Gasteiger partial charge on any atom is -0.337 e. The van der Waals surface area contributed by atoms with Crippen LogP contribution in [0.3, 0.4) is 0 Å². The Morgan fingerprint density at radius 3 is 2.76 bits per heavy atom. The van der Waals surface area contributed by atoms with E-state index in [1.54, 1.807) is 4.90 Å². The maximum atomic E-state index is 12.4. The average molecular weight is 343 g/mol. The molecule has 1 N–H and O–H groups in total. The molecule has 3 rings (SSSR count). The van der Waals surface area contributed by atoms with Gasteiger partial charge in [0.05, 0.1) is 10.9 Å². The molecule has 1 aromatic heterocycles. The van der Waals surface area contributed by atoms with Crippen LogP contribution in [-0.4, -0.2) is 17.9 Å². The number of nitrogens with zero attached hydrogens (tertiary/aromatic N) is 1. The fourth-order valence-electron chi connectivity index (χ4n) is 2.39. The van der Waals surface area contributed by atoms with Gasteiger partial charge in [-0.15, -0.1) is 23.7 Å². The van der Waals surface area contributed by atoms with Crippen molar-refractivity contribution < 1.29 is 4.79 Å². The SMILES string of the molecule is CN(Cc1ccc(Cl)s1)C(=O)c1ccc2c(c1)CNC2.Cl. The van der Waals surface area contributed by atoms with Crippen molar-refractivity contribution in [2.75, 3.05) is 7.05 Å². The number of halogens is 2. The predicted molar refractivity (Wildman–Crippen MR) is 89.4 cm³/mol. The highest BCUT2D eigenvalue weighted by molar-refractivity contribution is 7.16. The van der Waals surface area contributed by atoms with Crippen molar-refractivity contribution in [2.45, 2.75) is 19.6 Å². The highest BCUT2D eigenvalue weighted by Gasteiger charge is 2.16. The van der Waals surface area contributed by atoms with Crippen molar-refractivity contribution in [1.82, 2.24) is 10.2 Å². The van der Waals surface area contributed by atoms with E-state index in [9.17, 15) is 4.79 Å². The van der Waals surface area contributed by atoms with Gasteiger partial charge in [0.15, 0.2) is 0 Å². The molecule has 0 saturated carbocycles. The molecule has 0 spiro atoms. The quantitative estimate of drug-likeness (QED) is 0.922. The van der Waals surface area contributed by atoms with Gasteiger partial charge < -0.3 is 10.2 Å². The van der Waals surface area contributed by atoms with Crippen molar-refractivity contribution in [2.24, 2.45) is 0 Å². The molecule has 2 aromatic rings. The van der Waals surface area contributed by atoms with E-state index < -0.39 is 0 Å². The monoisotopic (exact) mass is 342 g/mol. The molecule has 6 heteroatoms. The molecule has 3 nitrogen and oxygen atoms in total. The Morgan fingerprint density at radius 2 is 2.05 bits per heavy atom. The minimum absolute atomic E-state index is 0. The fraction of sp³-hybridized carbons (Fsp3) is 0.267. The summed E-state index contributed by atoms with van der Waals surface area (Å²) >= 11 is 7.42. The van der Waals surface area contributed by atoms with Gasteiger partial charge in [0.1, 0.15) is 0 Å². The third-order valence-corrected chi connectivity index (χ3v) is 4.67. The maximum Gasteiger partial charge on any atom is 0.253 e. The third-order valence-electron chi connectivity index (χ3n) is 3.45. The van der Waals surface area contributed by atoms with E-state index in [-0.39, 0.29) is 18.3 Å². The number of rotatable bonds is 3. The van der Waals surface area contributed by atoms with Crippen LogP contribution in [0.4, 0.5) is 0 Å². The lowest BCUT2D eigenvalue weighted by molar-refractivity contribution is 0.0786. The van der Waals surface area contributed by atoms with Crippen LogP contribution in [0.15, 0.2) is 30.3 Å². The lowest BCUT2D eigenvalue weighted by atomic mass is 10.1. The molecule has 0 aliphatic carbocycles. The average Bonchev–Trinajstić information content (AvgIpc) is 3.05. The molecule has 21 heavy (non-hydrogen) atoms. The molecule has 0 unspecified atom stereocenters. The van der Waals surface area contributed by atoms with E-state index in [2.05, 4.69) is 5.32 Å². The lowest BCUT2D eigenvalue weighted by Gasteiger charge is -2.16. The fourth-order valence-corrected chi connectivity index (χ4v) is 3.53. The van der Waals surface area contributed by atoms with E-state index in [0.29, 0.717) is 6.54 Å². The van der Waals surface area contributed by atoms with E-state index >= 15 is 0 Å². The number of hydrogen-bond donors (Lipinski definition) is 1. The summed E-state index contributed by atoms with van der Waals surface area (Å²) in [7, 11) is 1.82. The second kappa shape index (κ2) is 6.79. The first-order chi connectivity index (χ1) is 9.63. The molecule has 1 aliphatic rings. The molecule has 1 amide bonds. The van der Waals surface area contributed by atoms with Gasteiger partial charge in [-0.2, -0.15) is 0 Å². The second-order valence-electron chi connectivity index (χ2n) is 4.95. The lowest BCUT2D eigenvalue weighted by Crippen LogP contribution is -2.25. The van der Waals surface area contributed by atoms with Crippen LogP contribution in [0, 0.1) is 0 Å². The number of carbonyl (C=O) groups excluding carboxylic acids is 1. The maximum absolute atomic E-state index is 12.4. The first kappa shape index (κ1) is 16.3. The largest absolute Gasteiger partial charge is 0.337 e. The van der Waals surface area contributed by atoms with E-state index in [1.165, 1.54) is 22.5 Å². The van der Waals surface area contributed by atoms with Crippen LogP contribution in [0.25, 0.3) is 0 Å². The van der Waals surface area contributed by atoms with Crippen LogP contribution in [0.2, 0.25) is 4.34 Å². The number of fused-ring (bicyclic) bond motifs is 1. The summed E-state index contributed by atoms with van der Waals surface area (Å²) < 4.78 is 0.754. The summed E-state index contributed by atoms with van der Waals surface area (Å²) in [6, 6.07) is 9.77. The molecule has 1 aliphatic heterocycles. The van der Waals surface area contributed by atoms with Gasteiger partial charge in [-0.25, -0.2) is 0 Å². The Kier molecular flexibility index (Phi) is 5.27. The summed E-state index contributed by atoms with van der Waals surface area (Å²) in [6.07, 6.45) is 0.